The highest BCUT2D eigenvalue weighted by molar-refractivity contribution is 5.67. The van der Waals surface area contributed by atoms with Gasteiger partial charge >= 0.3 is 11.9 Å². The second-order valence-corrected chi connectivity index (χ2v) is 5.51. The fourth-order valence-electron chi connectivity index (χ4n) is 2.65. The molecule has 1 aromatic rings. The van der Waals surface area contributed by atoms with Crippen LogP contribution in [0, 0.1) is 0 Å². The molecule has 120 valence electrons. The molecule has 0 aromatic heterocycles. The minimum absolute atomic E-state index is 0.00337. The predicted octanol–water partition coefficient (Wildman–Crippen LogP) is 2.27. The fraction of sp³-hybridized carbons (Fsp3) is 0.529. The molecule has 1 saturated heterocycles. The molecule has 0 bridgehead atoms. The van der Waals surface area contributed by atoms with Crippen LogP contribution in [0.2, 0.25) is 0 Å². The standard InChI is InChI=1S/C17H22O5/c1-12(18)21-16-10-15(20-11-17(16)22-13(2)19)9-8-14-6-4-3-5-7-14/h3-7,15-17H,8-11H2,1-2H3/t15-,16+,17-/m1/s1. The Balaban J connectivity index is 1.89. The second-order valence-electron chi connectivity index (χ2n) is 5.51. The monoisotopic (exact) mass is 306 g/mol. The van der Waals surface area contributed by atoms with Gasteiger partial charge in [-0.2, -0.15) is 0 Å². The van der Waals surface area contributed by atoms with Crippen LogP contribution >= 0.6 is 0 Å². The summed E-state index contributed by atoms with van der Waals surface area (Å²) in [6.45, 7) is 2.96. The average Bonchev–Trinajstić information content (AvgIpc) is 2.47. The van der Waals surface area contributed by atoms with E-state index in [1.807, 2.05) is 18.2 Å². The van der Waals surface area contributed by atoms with Gasteiger partial charge in [-0.25, -0.2) is 0 Å². The van der Waals surface area contributed by atoms with E-state index in [0.717, 1.165) is 12.8 Å². The maximum absolute atomic E-state index is 11.2. The molecule has 1 fully saturated rings. The van der Waals surface area contributed by atoms with Gasteiger partial charge in [-0.1, -0.05) is 30.3 Å². The molecule has 1 aliphatic rings. The molecule has 1 aliphatic heterocycles. The molecule has 5 heteroatoms. The van der Waals surface area contributed by atoms with E-state index >= 15 is 0 Å². The Hall–Kier alpha value is -1.88. The third kappa shape index (κ3) is 5.15. The Bertz CT molecular complexity index is 499. The van der Waals surface area contributed by atoms with E-state index in [0.29, 0.717) is 6.42 Å². The molecule has 22 heavy (non-hydrogen) atoms. The maximum Gasteiger partial charge on any atom is 0.303 e. The lowest BCUT2D eigenvalue weighted by molar-refractivity contribution is -0.187. The Morgan fingerprint density at radius 1 is 1.09 bits per heavy atom. The molecule has 0 N–H and O–H groups in total. The first-order valence-corrected chi connectivity index (χ1v) is 7.54. The number of aryl methyl sites for hydroxylation is 1. The van der Waals surface area contributed by atoms with Crippen LogP contribution in [0.15, 0.2) is 30.3 Å². The van der Waals surface area contributed by atoms with Gasteiger partial charge in [-0.15, -0.1) is 0 Å². The minimum atomic E-state index is -0.519. The van der Waals surface area contributed by atoms with Gasteiger partial charge in [0, 0.05) is 20.3 Å². The number of ether oxygens (including phenoxy) is 3. The van der Waals surface area contributed by atoms with Crippen LogP contribution in [-0.4, -0.2) is 36.9 Å². The largest absolute Gasteiger partial charge is 0.458 e. The van der Waals surface area contributed by atoms with Crippen LogP contribution < -0.4 is 0 Å². The highest BCUT2D eigenvalue weighted by Crippen LogP contribution is 2.23. The first kappa shape index (κ1) is 16.5. The van der Waals surface area contributed by atoms with Crippen LogP contribution in [0.25, 0.3) is 0 Å². The Morgan fingerprint density at radius 2 is 1.73 bits per heavy atom. The summed E-state index contributed by atoms with van der Waals surface area (Å²) in [6, 6.07) is 10.2. The molecular formula is C17H22O5. The summed E-state index contributed by atoms with van der Waals surface area (Å²) in [5, 5.41) is 0. The van der Waals surface area contributed by atoms with Crippen LogP contribution in [0.1, 0.15) is 32.3 Å². The van der Waals surface area contributed by atoms with Gasteiger partial charge in [0.05, 0.1) is 12.7 Å². The Morgan fingerprint density at radius 3 is 2.36 bits per heavy atom. The number of benzene rings is 1. The van der Waals surface area contributed by atoms with E-state index in [1.165, 1.54) is 19.4 Å². The van der Waals surface area contributed by atoms with Crippen molar-refractivity contribution in [2.24, 2.45) is 0 Å². The van der Waals surface area contributed by atoms with Gasteiger partial charge in [0.25, 0.3) is 0 Å². The summed E-state index contributed by atoms with van der Waals surface area (Å²) in [4.78, 5) is 22.3. The molecular weight excluding hydrogens is 284 g/mol. The first-order chi connectivity index (χ1) is 10.5. The molecule has 2 rings (SSSR count). The van der Waals surface area contributed by atoms with Crippen LogP contribution in [-0.2, 0) is 30.2 Å². The lowest BCUT2D eigenvalue weighted by atomic mass is 9.98. The lowest BCUT2D eigenvalue weighted by Crippen LogP contribution is -2.45. The summed E-state index contributed by atoms with van der Waals surface area (Å²) in [5.74, 6) is -0.764. The minimum Gasteiger partial charge on any atom is -0.458 e. The van der Waals surface area contributed by atoms with Crippen molar-refractivity contribution in [3.05, 3.63) is 35.9 Å². The van der Waals surface area contributed by atoms with Crippen LogP contribution in [0.3, 0.4) is 0 Å². The van der Waals surface area contributed by atoms with Crippen molar-refractivity contribution in [2.75, 3.05) is 6.61 Å². The summed E-state index contributed by atoms with van der Waals surface area (Å²) in [7, 11) is 0. The zero-order valence-corrected chi connectivity index (χ0v) is 13.0. The predicted molar refractivity (Wildman–Crippen MR) is 80.2 cm³/mol. The van der Waals surface area contributed by atoms with Crippen molar-refractivity contribution in [2.45, 2.75) is 51.4 Å². The Kier molecular flexibility index (Phi) is 5.95. The number of hydrogen-bond donors (Lipinski definition) is 0. The van der Waals surface area contributed by atoms with Crippen molar-refractivity contribution in [1.29, 1.82) is 0 Å². The SMILES string of the molecule is CC(=O)O[C@H]1C[C@@H](CCc2ccccc2)OC[C@H]1OC(C)=O. The smallest absolute Gasteiger partial charge is 0.303 e. The second kappa shape index (κ2) is 7.94. The maximum atomic E-state index is 11.2. The summed E-state index contributed by atoms with van der Waals surface area (Å²) >= 11 is 0. The molecule has 0 amide bonds. The van der Waals surface area contributed by atoms with E-state index in [9.17, 15) is 9.59 Å². The molecule has 0 saturated carbocycles. The average molecular weight is 306 g/mol. The molecule has 0 radical (unpaired) electrons. The quantitative estimate of drug-likeness (QED) is 0.781. The number of esters is 2. The zero-order valence-electron chi connectivity index (χ0n) is 13.0. The normalized spacial score (nSPS) is 24.5. The molecule has 0 spiro atoms. The summed E-state index contributed by atoms with van der Waals surface area (Å²) in [6.07, 6.45) is 1.33. The van der Waals surface area contributed by atoms with Crippen molar-refractivity contribution in [1.82, 2.24) is 0 Å². The topological polar surface area (TPSA) is 61.8 Å². The van der Waals surface area contributed by atoms with E-state index in [4.69, 9.17) is 14.2 Å². The first-order valence-electron chi connectivity index (χ1n) is 7.54. The van der Waals surface area contributed by atoms with E-state index in [2.05, 4.69) is 12.1 Å². The van der Waals surface area contributed by atoms with Crippen LogP contribution in [0.5, 0.6) is 0 Å². The van der Waals surface area contributed by atoms with Crippen molar-refractivity contribution >= 4 is 11.9 Å². The molecule has 3 atom stereocenters. The summed E-state index contributed by atoms with van der Waals surface area (Å²) < 4.78 is 16.2. The molecule has 1 aromatic carbocycles. The molecule has 1 heterocycles. The lowest BCUT2D eigenvalue weighted by Gasteiger charge is -2.35. The molecule has 0 unspecified atom stereocenters. The summed E-state index contributed by atoms with van der Waals surface area (Å²) in [5.41, 5.74) is 1.25. The highest BCUT2D eigenvalue weighted by Gasteiger charge is 2.35. The number of carbonyl (C=O) groups is 2. The molecule has 5 nitrogen and oxygen atoms in total. The van der Waals surface area contributed by atoms with Gasteiger partial charge in [0.1, 0.15) is 6.10 Å². The van der Waals surface area contributed by atoms with Crippen molar-refractivity contribution in [3.8, 4) is 0 Å². The van der Waals surface area contributed by atoms with E-state index < -0.39 is 18.2 Å². The van der Waals surface area contributed by atoms with Gasteiger partial charge in [-0.05, 0) is 18.4 Å². The molecule has 0 aliphatic carbocycles. The van der Waals surface area contributed by atoms with Gasteiger partial charge in [-0.3, -0.25) is 9.59 Å². The van der Waals surface area contributed by atoms with Crippen molar-refractivity contribution in [3.63, 3.8) is 0 Å². The number of carbonyl (C=O) groups excluding carboxylic acids is 2. The Labute approximate surface area is 130 Å². The van der Waals surface area contributed by atoms with Crippen molar-refractivity contribution < 1.29 is 23.8 Å². The van der Waals surface area contributed by atoms with Gasteiger partial charge in [0.15, 0.2) is 6.10 Å². The number of hydrogen-bond acceptors (Lipinski definition) is 5. The van der Waals surface area contributed by atoms with Crippen LogP contribution in [0.4, 0.5) is 0 Å². The van der Waals surface area contributed by atoms with E-state index in [1.54, 1.807) is 0 Å². The number of rotatable bonds is 5. The fourth-order valence-corrected chi connectivity index (χ4v) is 2.65. The highest BCUT2D eigenvalue weighted by atomic mass is 16.6. The third-order valence-electron chi connectivity index (χ3n) is 3.64. The third-order valence-corrected chi connectivity index (χ3v) is 3.64. The van der Waals surface area contributed by atoms with Gasteiger partial charge < -0.3 is 14.2 Å². The van der Waals surface area contributed by atoms with Gasteiger partial charge in [0.2, 0.25) is 0 Å². The zero-order chi connectivity index (χ0) is 15.9. The van der Waals surface area contributed by atoms with E-state index in [-0.39, 0.29) is 18.7 Å².